The van der Waals surface area contributed by atoms with Crippen LogP contribution < -0.4 is 0 Å². The number of rotatable bonds is 3. The summed E-state index contributed by atoms with van der Waals surface area (Å²) in [6.45, 7) is 1.92. The van der Waals surface area contributed by atoms with E-state index in [4.69, 9.17) is 4.42 Å². The SMILES string of the molecule is C/C(=C\C=O)Cc1ccoc1. The largest absolute Gasteiger partial charge is 0.472 e. The third kappa shape index (κ3) is 2.42. The van der Waals surface area contributed by atoms with Crippen LogP contribution in [0.25, 0.3) is 0 Å². The van der Waals surface area contributed by atoms with Gasteiger partial charge in [0.05, 0.1) is 12.5 Å². The molecule has 0 unspecified atom stereocenters. The minimum Gasteiger partial charge on any atom is -0.472 e. The van der Waals surface area contributed by atoms with Gasteiger partial charge in [-0.3, -0.25) is 4.79 Å². The molecular formula is C9H10O2. The van der Waals surface area contributed by atoms with Gasteiger partial charge in [-0.05, 0) is 31.1 Å². The van der Waals surface area contributed by atoms with Crippen LogP contribution in [0.5, 0.6) is 0 Å². The Hall–Kier alpha value is -1.31. The lowest BCUT2D eigenvalue weighted by molar-refractivity contribution is -0.104. The molecule has 58 valence electrons. The van der Waals surface area contributed by atoms with Crippen LogP contribution in [0.1, 0.15) is 12.5 Å². The Balaban J connectivity index is 2.56. The van der Waals surface area contributed by atoms with Crippen LogP contribution in [0.3, 0.4) is 0 Å². The van der Waals surface area contributed by atoms with Crippen molar-refractivity contribution in [3.05, 3.63) is 35.8 Å². The summed E-state index contributed by atoms with van der Waals surface area (Å²) in [5.41, 5.74) is 2.14. The van der Waals surface area contributed by atoms with Gasteiger partial charge < -0.3 is 4.42 Å². The highest BCUT2D eigenvalue weighted by Crippen LogP contribution is 2.06. The van der Waals surface area contributed by atoms with Crippen molar-refractivity contribution in [1.82, 2.24) is 0 Å². The first-order valence-corrected chi connectivity index (χ1v) is 3.45. The Bertz CT molecular complexity index is 245. The molecular weight excluding hydrogens is 140 g/mol. The molecule has 2 nitrogen and oxygen atoms in total. The molecule has 0 amide bonds. The highest BCUT2D eigenvalue weighted by Gasteiger charge is 1.94. The molecule has 2 heteroatoms. The average Bonchev–Trinajstić information content (AvgIpc) is 2.40. The lowest BCUT2D eigenvalue weighted by Gasteiger charge is -1.93. The molecule has 0 saturated carbocycles. The lowest BCUT2D eigenvalue weighted by atomic mass is 10.1. The second kappa shape index (κ2) is 3.76. The smallest absolute Gasteiger partial charge is 0.142 e. The number of hydrogen-bond acceptors (Lipinski definition) is 2. The molecule has 0 fully saturated rings. The van der Waals surface area contributed by atoms with E-state index in [1.54, 1.807) is 18.6 Å². The molecule has 0 atom stereocenters. The van der Waals surface area contributed by atoms with E-state index in [1.807, 2.05) is 13.0 Å². The maximum atomic E-state index is 10.0. The van der Waals surface area contributed by atoms with E-state index >= 15 is 0 Å². The van der Waals surface area contributed by atoms with Gasteiger partial charge >= 0.3 is 0 Å². The zero-order chi connectivity index (χ0) is 8.10. The summed E-state index contributed by atoms with van der Waals surface area (Å²) in [5, 5.41) is 0. The fourth-order valence-corrected chi connectivity index (χ4v) is 0.890. The van der Waals surface area contributed by atoms with Crippen LogP contribution in [0, 0.1) is 0 Å². The second-order valence-corrected chi connectivity index (χ2v) is 2.46. The van der Waals surface area contributed by atoms with E-state index in [2.05, 4.69) is 0 Å². The molecule has 0 bridgehead atoms. The molecule has 1 aromatic rings. The van der Waals surface area contributed by atoms with Gasteiger partial charge in [0.1, 0.15) is 6.29 Å². The van der Waals surface area contributed by atoms with Crippen LogP contribution >= 0.6 is 0 Å². The topological polar surface area (TPSA) is 30.2 Å². The second-order valence-electron chi connectivity index (χ2n) is 2.46. The quantitative estimate of drug-likeness (QED) is 0.487. The molecule has 1 heterocycles. The van der Waals surface area contributed by atoms with Gasteiger partial charge in [0, 0.05) is 0 Å². The standard InChI is InChI=1S/C9H10O2/c1-8(2-4-10)6-9-3-5-11-7-9/h2-5,7H,6H2,1H3/b8-2+. The molecule has 0 spiro atoms. The minimum atomic E-state index is 0.787. The van der Waals surface area contributed by atoms with E-state index < -0.39 is 0 Å². The molecule has 0 aliphatic carbocycles. The van der Waals surface area contributed by atoms with Gasteiger partial charge in [0.25, 0.3) is 0 Å². The summed E-state index contributed by atoms with van der Waals surface area (Å²) in [6, 6.07) is 1.89. The summed E-state index contributed by atoms with van der Waals surface area (Å²) in [6.07, 6.45) is 6.46. The molecule has 0 saturated heterocycles. The third-order valence-electron chi connectivity index (χ3n) is 1.42. The van der Waals surface area contributed by atoms with Crippen molar-refractivity contribution in [2.45, 2.75) is 13.3 Å². The zero-order valence-electron chi connectivity index (χ0n) is 6.41. The first-order chi connectivity index (χ1) is 5.33. The number of furan rings is 1. The number of allylic oxidation sites excluding steroid dienone is 2. The number of carbonyl (C=O) groups excluding carboxylic acids is 1. The van der Waals surface area contributed by atoms with Gasteiger partial charge in [-0.15, -0.1) is 0 Å². The first-order valence-electron chi connectivity index (χ1n) is 3.45. The monoisotopic (exact) mass is 150 g/mol. The zero-order valence-corrected chi connectivity index (χ0v) is 6.41. The summed E-state index contributed by atoms with van der Waals surface area (Å²) < 4.78 is 4.88. The molecule has 11 heavy (non-hydrogen) atoms. The molecule has 0 aromatic carbocycles. The van der Waals surface area contributed by atoms with Gasteiger partial charge in [-0.25, -0.2) is 0 Å². The van der Waals surface area contributed by atoms with Crippen LogP contribution in [0.2, 0.25) is 0 Å². The number of carbonyl (C=O) groups is 1. The summed E-state index contributed by atoms with van der Waals surface area (Å²) in [5.74, 6) is 0. The van der Waals surface area contributed by atoms with Crippen LogP contribution in [0.4, 0.5) is 0 Å². The summed E-state index contributed by atoms with van der Waals surface area (Å²) >= 11 is 0. The maximum absolute atomic E-state index is 10.0. The van der Waals surface area contributed by atoms with Crippen molar-refractivity contribution >= 4 is 6.29 Å². The van der Waals surface area contributed by atoms with E-state index in [0.717, 1.165) is 23.8 Å². The first kappa shape index (κ1) is 7.79. The predicted octanol–water partition coefficient (Wildman–Crippen LogP) is 1.97. The maximum Gasteiger partial charge on any atom is 0.142 e. The average molecular weight is 150 g/mol. The van der Waals surface area contributed by atoms with Crippen molar-refractivity contribution in [3.63, 3.8) is 0 Å². The Morgan fingerprint density at radius 2 is 2.55 bits per heavy atom. The van der Waals surface area contributed by atoms with Gasteiger partial charge in [0.2, 0.25) is 0 Å². The van der Waals surface area contributed by atoms with E-state index in [-0.39, 0.29) is 0 Å². The predicted molar refractivity (Wildman–Crippen MR) is 42.2 cm³/mol. The highest BCUT2D eigenvalue weighted by atomic mass is 16.3. The summed E-state index contributed by atoms with van der Waals surface area (Å²) in [4.78, 5) is 10.0. The van der Waals surface area contributed by atoms with E-state index in [1.165, 1.54) is 0 Å². The molecule has 0 aliphatic rings. The normalized spacial score (nSPS) is 11.5. The fourth-order valence-electron chi connectivity index (χ4n) is 0.890. The van der Waals surface area contributed by atoms with Crippen molar-refractivity contribution in [2.24, 2.45) is 0 Å². The van der Waals surface area contributed by atoms with E-state index in [9.17, 15) is 4.79 Å². The lowest BCUT2D eigenvalue weighted by Crippen LogP contribution is -1.83. The minimum absolute atomic E-state index is 0.787. The molecule has 0 N–H and O–H groups in total. The Morgan fingerprint density at radius 3 is 3.09 bits per heavy atom. The molecule has 0 aliphatic heterocycles. The van der Waals surface area contributed by atoms with Crippen molar-refractivity contribution in [3.8, 4) is 0 Å². The number of aldehydes is 1. The Kier molecular flexibility index (Phi) is 2.66. The third-order valence-corrected chi connectivity index (χ3v) is 1.42. The molecule has 1 aromatic heterocycles. The van der Waals surface area contributed by atoms with Crippen molar-refractivity contribution in [1.29, 1.82) is 0 Å². The van der Waals surface area contributed by atoms with Gasteiger partial charge in [0.15, 0.2) is 0 Å². The number of hydrogen-bond donors (Lipinski definition) is 0. The Labute approximate surface area is 65.5 Å². The van der Waals surface area contributed by atoms with Gasteiger partial charge in [-0.2, -0.15) is 0 Å². The van der Waals surface area contributed by atoms with Crippen molar-refractivity contribution in [2.75, 3.05) is 0 Å². The molecule has 0 radical (unpaired) electrons. The highest BCUT2D eigenvalue weighted by molar-refractivity contribution is 5.66. The Morgan fingerprint density at radius 1 is 1.73 bits per heavy atom. The van der Waals surface area contributed by atoms with E-state index in [0.29, 0.717) is 0 Å². The fraction of sp³-hybridized carbons (Fsp3) is 0.222. The van der Waals surface area contributed by atoms with Crippen molar-refractivity contribution < 1.29 is 9.21 Å². The molecule has 1 rings (SSSR count). The van der Waals surface area contributed by atoms with Crippen LogP contribution in [0.15, 0.2) is 34.7 Å². The summed E-state index contributed by atoms with van der Waals surface area (Å²) in [7, 11) is 0. The van der Waals surface area contributed by atoms with Crippen LogP contribution in [-0.4, -0.2) is 6.29 Å². The van der Waals surface area contributed by atoms with Crippen LogP contribution in [-0.2, 0) is 11.2 Å². The van der Waals surface area contributed by atoms with Gasteiger partial charge in [-0.1, -0.05) is 5.57 Å².